The minimum atomic E-state index is -4.48. The molecule has 1 fully saturated rings. The van der Waals surface area contributed by atoms with Crippen LogP contribution in [-0.2, 0) is 11.0 Å². The molecule has 2 aromatic rings. The summed E-state index contributed by atoms with van der Waals surface area (Å²) in [5.41, 5.74) is -0.840. The molecule has 1 amide bonds. The van der Waals surface area contributed by atoms with Crippen molar-refractivity contribution in [3.63, 3.8) is 0 Å². The predicted molar refractivity (Wildman–Crippen MR) is 94.2 cm³/mol. The van der Waals surface area contributed by atoms with E-state index in [2.05, 4.69) is 10.4 Å². The molecule has 150 valence electrons. The maximum Gasteiger partial charge on any atom is 0.416 e. The zero-order chi connectivity index (χ0) is 20.5. The summed E-state index contributed by atoms with van der Waals surface area (Å²) in [5.74, 6) is -1.46. The van der Waals surface area contributed by atoms with Crippen molar-refractivity contribution in [2.75, 3.05) is 0 Å². The smallest absolute Gasteiger partial charge is 0.416 e. The largest absolute Gasteiger partial charge is 0.481 e. The van der Waals surface area contributed by atoms with E-state index < -0.39 is 29.2 Å². The number of nitrogens with zero attached hydrogens (tertiary/aromatic N) is 2. The Morgan fingerprint density at radius 1 is 1.29 bits per heavy atom. The minimum absolute atomic E-state index is 0.167. The second-order valence-corrected chi connectivity index (χ2v) is 7.12. The highest BCUT2D eigenvalue weighted by atomic mass is 19.4. The van der Waals surface area contributed by atoms with E-state index in [-0.39, 0.29) is 17.7 Å². The molecule has 9 heteroatoms. The first-order valence-corrected chi connectivity index (χ1v) is 8.88. The van der Waals surface area contributed by atoms with Crippen LogP contribution in [0.2, 0.25) is 0 Å². The fraction of sp³-hybridized carbons (Fsp3) is 0.421. The van der Waals surface area contributed by atoms with Gasteiger partial charge in [0.15, 0.2) is 0 Å². The van der Waals surface area contributed by atoms with Crippen LogP contribution < -0.4 is 5.32 Å². The van der Waals surface area contributed by atoms with E-state index in [9.17, 15) is 22.8 Å². The summed E-state index contributed by atoms with van der Waals surface area (Å²) in [7, 11) is 0. The van der Waals surface area contributed by atoms with E-state index in [0.717, 1.165) is 25.0 Å². The van der Waals surface area contributed by atoms with Gasteiger partial charge in [0.05, 0.1) is 40.7 Å². The molecule has 0 radical (unpaired) electrons. The van der Waals surface area contributed by atoms with Crippen LogP contribution in [0, 0.1) is 6.92 Å². The van der Waals surface area contributed by atoms with Crippen molar-refractivity contribution < 1.29 is 27.9 Å². The zero-order valence-corrected chi connectivity index (χ0v) is 15.2. The van der Waals surface area contributed by atoms with Gasteiger partial charge in [0, 0.05) is 0 Å². The monoisotopic (exact) mass is 395 g/mol. The molecular weight excluding hydrogens is 375 g/mol. The van der Waals surface area contributed by atoms with Crippen molar-refractivity contribution in [2.45, 2.75) is 50.7 Å². The number of benzene rings is 1. The maximum absolute atomic E-state index is 12.9. The molecule has 1 aliphatic carbocycles. The fourth-order valence-electron chi connectivity index (χ4n) is 3.70. The number of halogens is 3. The molecule has 0 aliphatic heterocycles. The van der Waals surface area contributed by atoms with Gasteiger partial charge in [0.2, 0.25) is 0 Å². The predicted octanol–water partition coefficient (Wildman–Crippen LogP) is 3.72. The lowest BCUT2D eigenvalue weighted by atomic mass is 9.92. The van der Waals surface area contributed by atoms with Crippen molar-refractivity contribution in [2.24, 2.45) is 0 Å². The average Bonchev–Trinajstić information content (AvgIpc) is 3.20. The van der Waals surface area contributed by atoms with Crippen molar-refractivity contribution in [3.8, 4) is 5.69 Å². The zero-order valence-electron chi connectivity index (χ0n) is 15.2. The van der Waals surface area contributed by atoms with Crippen LogP contribution in [0.1, 0.15) is 53.7 Å². The molecule has 0 unspecified atom stereocenters. The molecule has 0 saturated heterocycles. The van der Waals surface area contributed by atoms with E-state index in [1.165, 1.54) is 23.0 Å². The molecule has 1 aliphatic rings. The molecule has 0 spiro atoms. The molecule has 28 heavy (non-hydrogen) atoms. The number of nitrogens with one attached hydrogen (secondary N) is 1. The lowest BCUT2D eigenvalue weighted by Gasteiger charge is -2.28. The number of alkyl halides is 3. The summed E-state index contributed by atoms with van der Waals surface area (Å²) in [5, 5.41) is 16.1. The summed E-state index contributed by atoms with van der Waals surface area (Å²) in [6, 6.07) is 4.68. The third-order valence-corrected chi connectivity index (χ3v) is 5.10. The number of amides is 1. The average molecular weight is 395 g/mol. The Kier molecular flexibility index (Phi) is 5.18. The molecule has 6 nitrogen and oxygen atoms in total. The van der Waals surface area contributed by atoms with E-state index >= 15 is 0 Å². The number of carboxylic acids is 1. The number of carboxylic acid groups (broad SMARTS) is 1. The molecular formula is C19H20F3N3O3. The third kappa shape index (κ3) is 4.02. The van der Waals surface area contributed by atoms with Crippen molar-refractivity contribution >= 4 is 11.9 Å². The van der Waals surface area contributed by atoms with Crippen molar-refractivity contribution in [3.05, 3.63) is 47.3 Å². The lowest BCUT2D eigenvalue weighted by Crippen LogP contribution is -2.47. The van der Waals surface area contributed by atoms with E-state index in [4.69, 9.17) is 5.11 Å². The minimum Gasteiger partial charge on any atom is -0.481 e. The molecule has 1 aromatic carbocycles. The molecule has 1 aromatic heterocycles. The summed E-state index contributed by atoms with van der Waals surface area (Å²) in [4.78, 5) is 23.9. The Morgan fingerprint density at radius 3 is 2.57 bits per heavy atom. The van der Waals surface area contributed by atoms with Gasteiger partial charge in [-0.25, -0.2) is 4.68 Å². The molecule has 0 bridgehead atoms. The van der Waals surface area contributed by atoms with Gasteiger partial charge in [0.1, 0.15) is 0 Å². The van der Waals surface area contributed by atoms with Gasteiger partial charge in [-0.3, -0.25) is 9.59 Å². The van der Waals surface area contributed by atoms with Gasteiger partial charge in [0.25, 0.3) is 5.91 Å². The highest BCUT2D eigenvalue weighted by Gasteiger charge is 2.38. The second kappa shape index (κ2) is 7.29. The Balaban J connectivity index is 1.87. The van der Waals surface area contributed by atoms with Crippen LogP contribution in [0.5, 0.6) is 0 Å². The second-order valence-electron chi connectivity index (χ2n) is 7.12. The standard InChI is InChI=1S/C19H20F3N3O3/c1-12-15(17(28)24-18(10-16(26)27)7-2-3-8-18)11-23-25(12)14-6-4-5-13(9-14)19(20,21)22/h4-6,9,11H,2-3,7-8,10H2,1H3,(H,24,28)(H,26,27). The topological polar surface area (TPSA) is 84.2 Å². The SMILES string of the molecule is Cc1c(C(=O)NC2(CC(=O)O)CCCC2)cnn1-c1cccc(C(F)(F)F)c1. The molecule has 2 N–H and O–H groups in total. The van der Waals surface area contributed by atoms with Gasteiger partial charge in [-0.2, -0.15) is 18.3 Å². The van der Waals surface area contributed by atoms with Crippen LogP contribution >= 0.6 is 0 Å². The first kappa shape index (κ1) is 19.9. The number of carbonyl (C=O) groups is 2. The number of hydrogen-bond acceptors (Lipinski definition) is 3. The highest BCUT2D eigenvalue weighted by Crippen LogP contribution is 2.33. The Hall–Kier alpha value is -2.84. The van der Waals surface area contributed by atoms with Crippen LogP contribution in [0.15, 0.2) is 30.5 Å². The maximum atomic E-state index is 12.9. The summed E-state index contributed by atoms with van der Waals surface area (Å²) in [6.45, 7) is 1.58. The lowest BCUT2D eigenvalue weighted by molar-refractivity contribution is -0.139. The van der Waals surface area contributed by atoms with Crippen LogP contribution in [0.3, 0.4) is 0 Å². The quantitative estimate of drug-likeness (QED) is 0.808. The number of hydrogen-bond donors (Lipinski definition) is 2. The molecule has 0 atom stereocenters. The number of aliphatic carboxylic acids is 1. The fourth-order valence-corrected chi connectivity index (χ4v) is 3.70. The van der Waals surface area contributed by atoms with Crippen LogP contribution in [-0.4, -0.2) is 32.3 Å². The first-order valence-electron chi connectivity index (χ1n) is 8.88. The van der Waals surface area contributed by atoms with E-state index in [1.54, 1.807) is 6.92 Å². The van der Waals surface area contributed by atoms with Crippen LogP contribution in [0.4, 0.5) is 13.2 Å². The normalized spacial score (nSPS) is 16.1. The van der Waals surface area contributed by atoms with Crippen molar-refractivity contribution in [1.29, 1.82) is 0 Å². The molecule has 3 rings (SSSR count). The third-order valence-electron chi connectivity index (χ3n) is 5.10. The highest BCUT2D eigenvalue weighted by molar-refractivity contribution is 5.96. The summed E-state index contributed by atoms with van der Waals surface area (Å²) in [6.07, 6.45) is -0.555. The van der Waals surface area contributed by atoms with Crippen LogP contribution in [0.25, 0.3) is 5.69 Å². The summed E-state index contributed by atoms with van der Waals surface area (Å²) >= 11 is 0. The number of aromatic nitrogens is 2. The van der Waals surface area contributed by atoms with Gasteiger partial charge in [-0.1, -0.05) is 18.9 Å². The van der Waals surface area contributed by atoms with Gasteiger partial charge in [-0.05, 0) is 38.0 Å². The first-order chi connectivity index (χ1) is 13.1. The van der Waals surface area contributed by atoms with Gasteiger partial charge in [-0.15, -0.1) is 0 Å². The molecule has 1 saturated carbocycles. The Morgan fingerprint density at radius 2 is 1.96 bits per heavy atom. The Labute approximate surface area is 159 Å². The Bertz CT molecular complexity index is 899. The van der Waals surface area contributed by atoms with Gasteiger partial charge >= 0.3 is 12.1 Å². The summed E-state index contributed by atoms with van der Waals surface area (Å²) < 4.78 is 40.1. The molecule has 1 heterocycles. The van der Waals surface area contributed by atoms with Gasteiger partial charge < -0.3 is 10.4 Å². The number of rotatable bonds is 5. The number of carbonyl (C=O) groups excluding carboxylic acids is 1. The van der Waals surface area contributed by atoms with E-state index in [0.29, 0.717) is 18.5 Å². The van der Waals surface area contributed by atoms with E-state index in [1.807, 2.05) is 0 Å². The van der Waals surface area contributed by atoms with Crippen molar-refractivity contribution in [1.82, 2.24) is 15.1 Å².